The van der Waals surface area contributed by atoms with Crippen molar-refractivity contribution in [1.29, 1.82) is 0 Å². The lowest BCUT2D eigenvalue weighted by molar-refractivity contribution is -0.137. The highest BCUT2D eigenvalue weighted by molar-refractivity contribution is 5.76. The van der Waals surface area contributed by atoms with Gasteiger partial charge in [0.05, 0.1) is 13.0 Å². The van der Waals surface area contributed by atoms with Crippen LogP contribution in [0, 0.1) is 5.92 Å². The monoisotopic (exact) mass is 244 g/mol. The molecule has 0 bridgehead atoms. The van der Waals surface area contributed by atoms with Gasteiger partial charge < -0.3 is 20.1 Å². The van der Waals surface area contributed by atoms with E-state index < -0.39 is 5.97 Å². The number of hydrogen-bond acceptors (Lipinski definition) is 3. The SMILES string of the molecule is COCC1CCN(C(=O)NC(C)CC(=O)O)C1. The molecule has 0 aromatic rings. The Morgan fingerprint density at radius 2 is 2.29 bits per heavy atom. The summed E-state index contributed by atoms with van der Waals surface area (Å²) < 4.78 is 5.05. The predicted molar refractivity (Wildman–Crippen MR) is 61.8 cm³/mol. The summed E-state index contributed by atoms with van der Waals surface area (Å²) in [5.41, 5.74) is 0. The van der Waals surface area contributed by atoms with Gasteiger partial charge in [-0.3, -0.25) is 4.79 Å². The second kappa shape index (κ2) is 6.44. The van der Waals surface area contributed by atoms with E-state index in [9.17, 15) is 9.59 Å². The van der Waals surface area contributed by atoms with Crippen LogP contribution in [0.2, 0.25) is 0 Å². The number of carbonyl (C=O) groups excluding carboxylic acids is 1. The molecule has 6 nitrogen and oxygen atoms in total. The van der Waals surface area contributed by atoms with E-state index in [1.165, 1.54) is 0 Å². The van der Waals surface area contributed by atoms with Crippen LogP contribution in [0.15, 0.2) is 0 Å². The minimum absolute atomic E-state index is 0.0545. The van der Waals surface area contributed by atoms with E-state index in [0.717, 1.165) is 6.42 Å². The molecule has 2 unspecified atom stereocenters. The third-order valence-corrected chi connectivity index (χ3v) is 2.83. The fourth-order valence-corrected chi connectivity index (χ4v) is 2.00. The molecule has 1 fully saturated rings. The molecule has 0 aromatic heterocycles. The molecular formula is C11H20N2O4. The van der Waals surface area contributed by atoms with E-state index in [0.29, 0.717) is 25.6 Å². The molecule has 2 amide bonds. The molecule has 0 radical (unpaired) electrons. The maximum absolute atomic E-state index is 11.8. The van der Waals surface area contributed by atoms with Crippen molar-refractivity contribution >= 4 is 12.0 Å². The molecule has 0 spiro atoms. The maximum atomic E-state index is 11.8. The first-order valence-electron chi connectivity index (χ1n) is 5.79. The molecule has 17 heavy (non-hydrogen) atoms. The fraction of sp³-hybridized carbons (Fsp3) is 0.818. The van der Waals surface area contributed by atoms with E-state index in [1.807, 2.05) is 0 Å². The number of carboxylic acids is 1. The number of carbonyl (C=O) groups is 2. The molecule has 0 aromatic carbocycles. The van der Waals surface area contributed by atoms with Crippen LogP contribution >= 0.6 is 0 Å². The van der Waals surface area contributed by atoms with Gasteiger partial charge in [-0.25, -0.2) is 4.79 Å². The van der Waals surface area contributed by atoms with E-state index >= 15 is 0 Å². The fourth-order valence-electron chi connectivity index (χ4n) is 2.00. The summed E-state index contributed by atoms with van der Waals surface area (Å²) in [5, 5.41) is 11.3. The van der Waals surface area contributed by atoms with Gasteiger partial charge in [0.1, 0.15) is 0 Å². The molecule has 2 atom stereocenters. The maximum Gasteiger partial charge on any atom is 0.317 e. The Morgan fingerprint density at radius 3 is 2.88 bits per heavy atom. The first kappa shape index (κ1) is 13.8. The van der Waals surface area contributed by atoms with Gasteiger partial charge in [-0.15, -0.1) is 0 Å². The summed E-state index contributed by atoms with van der Waals surface area (Å²) in [6.07, 6.45) is 0.885. The average Bonchev–Trinajstić information content (AvgIpc) is 2.65. The minimum atomic E-state index is -0.906. The number of urea groups is 1. The third-order valence-electron chi connectivity index (χ3n) is 2.83. The van der Waals surface area contributed by atoms with Gasteiger partial charge >= 0.3 is 12.0 Å². The summed E-state index contributed by atoms with van der Waals surface area (Å²) in [4.78, 5) is 23.9. The molecule has 1 heterocycles. The Morgan fingerprint density at radius 1 is 1.59 bits per heavy atom. The Labute approximate surface area is 101 Å². The molecule has 1 saturated heterocycles. The van der Waals surface area contributed by atoms with Crippen molar-refractivity contribution in [2.24, 2.45) is 5.92 Å². The second-order valence-corrected chi connectivity index (χ2v) is 4.50. The summed E-state index contributed by atoms with van der Waals surface area (Å²) in [6, 6.07) is -0.529. The molecule has 98 valence electrons. The number of likely N-dealkylation sites (tertiary alicyclic amines) is 1. The zero-order chi connectivity index (χ0) is 12.8. The number of hydrogen-bond donors (Lipinski definition) is 2. The highest BCUT2D eigenvalue weighted by Crippen LogP contribution is 2.16. The lowest BCUT2D eigenvalue weighted by Crippen LogP contribution is -2.43. The van der Waals surface area contributed by atoms with Crippen LogP contribution in [0.5, 0.6) is 0 Å². The molecule has 1 aliphatic heterocycles. The first-order valence-corrected chi connectivity index (χ1v) is 5.79. The number of ether oxygens (including phenoxy) is 1. The Balaban J connectivity index is 2.31. The lowest BCUT2D eigenvalue weighted by atomic mass is 10.1. The largest absolute Gasteiger partial charge is 0.481 e. The van der Waals surface area contributed by atoms with Gasteiger partial charge in [-0.2, -0.15) is 0 Å². The van der Waals surface area contributed by atoms with Crippen molar-refractivity contribution in [2.75, 3.05) is 26.8 Å². The Kier molecular flexibility index (Phi) is 5.21. The summed E-state index contributed by atoms with van der Waals surface area (Å²) >= 11 is 0. The first-order chi connectivity index (χ1) is 8.02. The summed E-state index contributed by atoms with van der Waals surface area (Å²) in [7, 11) is 1.65. The molecule has 2 N–H and O–H groups in total. The number of rotatable bonds is 5. The number of aliphatic carboxylic acids is 1. The smallest absolute Gasteiger partial charge is 0.317 e. The zero-order valence-electron chi connectivity index (χ0n) is 10.3. The van der Waals surface area contributed by atoms with Crippen LogP contribution in [-0.4, -0.2) is 54.9 Å². The predicted octanol–water partition coefficient (Wildman–Crippen LogP) is 0.527. The highest BCUT2D eigenvalue weighted by atomic mass is 16.5. The van der Waals surface area contributed by atoms with E-state index in [4.69, 9.17) is 9.84 Å². The van der Waals surface area contributed by atoms with Crippen LogP contribution in [0.4, 0.5) is 4.79 Å². The molecular weight excluding hydrogens is 224 g/mol. The van der Waals surface area contributed by atoms with Crippen LogP contribution < -0.4 is 5.32 Å². The standard InChI is InChI=1S/C11H20N2O4/c1-8(5-10(14)15)12-11(16)13-4-3-9(6-13)7-17-2/h8-9H,3-7H2,1-2H3,(H,12,16)(H,14,15). The van der Waals surface area contributed by atoms with Crippen molar-refractivity contribution in [3.05, 3.63) is 0 Å². The van der Waals surface area contributed by atoms with Gasteiger partial charge in [0.15, 0.2) is 0 Å². The quantitative estimate of drug-likeness (QED) is 0.739. The van der Waals surface area contributed by atoms with Crippen LogP contribution in [0.3, 0.4) is 0 Å². The van der Waals surface area contributed by atoms with Crippen molar-refractivity contribution in [1.82, 2.24) is 10.2 Å². The second-order valence-electron chi connectivity index (χ2n) is 4.50. The van der Waals surface area contributed by atoms with Crippen LogP contribution in [0.25, 0.3) is 0 Å². The Bertz CT molecular complexity index is 283. The molecule has 1 rings (SSSR count). The van der Waals surface area contributed by atoms with Crippen molar-refractivity contribution in [3.8, 4) is 0 Å². The van der Waals surface area contributed by atoms with Gasteiger partial charge in [0.25, 0.3) is 0 Å². The van der Waals surface area contributed by atoms with Gasteiger partial charge in [-0.05, 0) is 13.3 Å². The van der Waals surface area contributed by atoms with Crippen molar-refractivity contribution < 1.29 is 19.4 Å². The number of amides is 2. The summed E-state index contributed by atoms with van der Waals surface area (Å²) in [6.45, 7) is 3.74. The van der Waals surface area contributed by atoms with Crippen molar-refractivity contribution in [2.45, 2.75) is 25.8 Å². The lowest BCUT2D eigenvalue weighted by Gasteiger charge is -2.20. The minimum Gasteiger partial charge on any atom is -0.481 e. The summed E-state index contributed by atoms with van der Waals surface area (Å²) in [5.74, 6) is -0.517. The molecule has 6 heteroatoms. The number of nitrogens with one attached hydrogen (secondary N) is 1. The number of carboxylic acid groups (broad SMARTS) is 1. The normalized spacial score (nSPS) is 21.3. The zero-order valence-corrected chi connectivity index (χ0v) is 10.3. The molecule has 0 aliphatic carbocycles. The van der Waals surface area contributed by atoms with E-state index in [1.54, 1.807) is 18.9 Å². The number of methoxy groups -OCH3 is 1. The number of nitrogens with zero attached hydrogens (tertiary/aromatic N) is 1. The van der Waals surface area contributed by atoms with E-state index in [2.05, 4.69) is 5.32 Å². The molecule has 0 saturated carbocycles. The van der Waals surface area contributed by atoms with Gasteiger partial charge in [0, 0.05) is 32.2 Å². The van der Waals surface area contributed by atoms with Crippen LogP contribution in [0.1, 0.15) is 19.8 Å². The third kappa shape index (κ3) is 4.60. The van der Waals surface area contributed by atoms with E-state index in [-0.39, 0.29) is 18.5 Å². The highest BCUT2D eigenvalue weighted by Gasteiger charge is 2.26. The topological polar surface area (TPSA) is 78.9 Å². The van der Waals surface area contributed by atoms with Gasteiger partial charge in [0.2, 0.25) is 0 Å². The van der Waals surface area contributed by atoms with Gasteiger partial charge in [-0.1, -0.05) is 0 Å². The molecule has 1 aliphatic rings. The Hall–Kier alpha value is -1.30. The van der Waals surface area contributed by atoms with Crippen molar-refractivity contribution in [3.63, 3.8) is 0 Å². The average molecular weight is 244 g/mol. The van der Waals surface area contributed by atoms with Crippen LogP contribution in [-0.2, 0) is 9.53 Å².